The maximum Gasteiger partial charge on any atom is 0.00671 e. The Balaban J connectivity index is 2.05. The Labute approximate surface area is 76.9 Å². The first-order chi connectivity index (χ1) is 5.74. The molecule has 0 heterocycles. The van der Waals surface area contributed by atoms with Crippen LogP contribution in [0.4, 0.5) is 0 Å². The molecule has 1 fully saturated rings. The van der Waals surface area contributed by atoms with Gasteiger partial charge in [-0.1, -0.05) is 26.7 Å². The van der Waals surface area contributed by atoms with E-state index in [0.717, 1.165) is 17.9 Å². The van der Waals surface area contributed by atoms with Gasteiger partial charge in [0.2, 0.25) is 0 Å². The molecule has 2 atom stereocenters. The van der Waals surface area contributed by atoms with Crippen molar-refractivity contribution in [2.75, 3.05) is 6.54 Å². The van der Waals surface area contributed by atoms with Crippen LogP contribution >= 0.6 is 0 Å². The fraction of sp³-hybridized carbons (Fsp3) is 1.00. The highest BCUT2D eigenvalue weighted by Crippen LogP contribution is 2.29. The van der Waals surface area contributed by atoms with Crippen molar-refractivity contribution in [2.45, 2.75) is 52.5 Å². The molecular weight excluding hydrogens is 146 g/mol. The summed E-state index contributed by atoms with van der Waals surface area (Å²) in [5, 5.41) is 3.64. The molecule has 1 heteroatoms. The van der Waals surface area contributed by atoms with Crippen LogP contribution in [0.15, 0.2) is 0 Å². The van der Waals surface area contributed by atoms with Gasteiger partial charge in [0.1, 0.15) is 0 Å². The molecule has 0 spiro atoms. The molecule has 72 valence electrons. The fourth-order valence-electron chi connectivity index (χ4n) is 1.64. The number of rotatable bonds is 5. The lowest BCUT2D eigenvalue weighted by Crippen LogP contribution is -2.39. The van der Waals surface area contributed by atoms with Crippen molar-refractivity contribution in [3.05, 3.63) is 0 Å². The summed E-state index contributed by atoms with van der Waals surface area (Å²) in [7, 11) is 0. The summed E-state index contributed by atoms with van der Waals surface area (Å²) < 4.78 is 0. The summed E-state index contributed by atoms with van der Waals surface area (Å²) in [6.45, 7) is 8.13. The molecule has 0 aliphatic heterocycles. The lowest BCUT2D eigenvalue weighted by atomic mass is 9.80. The van der Waals surface area contributed by atoms with Crippen LogP contribution in [0, 0.1) is 11.8 Å². The van der Waals surface area contributed by atoms with Crippen LogP contribution in [0.2, 0.25) is 0 Å². The van der Waals surface area contributed by atoms with Gasteiger partial charge >= 0.3 is 0 Å². The molecule has 1 N–H and O–H groups in total. The third kappa shape index (κ3) is 2.78. The second-order valence-corrected chi connectivity index (χ2v) is 4.40. The summed E-state index contributed by atoms with van der Waals surface area (Å²) in [5.74, 6) is 1.82. The molecular formula is C11H23N. The van der Waals surface area contributed by atoms with Crippen LogP contribution in [0.3, 0.4) is 0 Å². The number of hydrogen-bond acceptors (Lipinski definition) is 1. The summed E-state index contributed by atoms with van der Waals surface area (Å²) in [5.41, 5.74) is 0. The Bertz CT molecular complexity index is 118. The van der Waals surface area contributed by atoms with Gasteiger partial charge in [-0.05, 0) is 38.1 Å². The lowest BCUT2D eigenvalue weighted by Gasteiger charge is -2.32. The lowest BCUT2D eigenvalue weighted by molar-refractivity contribution is 0.234. The molecule has 1 aliphatic carbocycles. The Morgan fingerprint density at radius 2 is 2.00 bits per heavy atom. The van der Waals surface area contributed by atoms with Crippen LogP contribution in [0.1, 0.15) is 46.5 Å². The molecule has 0 bridgehead atoms. The van der Waals surface area contributed by atoms with Gasteiger partial charge in [-0.3, -0.25) is 0 Å². The smallest absolute Gasteiger partial charge is 0.00671 e. The quantitative estimate of drug-likeness (QED) is 0.667. The minimum atomic E-state index is 0.757. The molecule has 0 radical (unpaired) electrons. The average Bonchev–Trinajstić information content (AvgIpc) is 1.97. The van der Waals surface area contributed by atoms with E-state index >= 15 is 0 Å². The molecule has 0 aromatic heterocycles. The second-order valence-electron chi connectivity index (χ2n) is 4.40. The van der Waals surface area contributed by atoms with E-state index in [9.17, 15) is 0 Å². The van der Waals surface area contributed by atoms with Gasteiger partial charge in [0.15, 0.2) is 0 Å². The molecule has 0 saturated heterocycles. The first-order valence-electron chi connectivity index (χ1n) is 5.47. The van der Waals surface area contributed by atoms with Crippen LogP contribution < -0.4 is 5.32 Å². The first kappa shape index (κ1) is 10.0. The van der Waals surface area contributed by atoms with Gasteiger partial charge in [-0.25, -0.2) is 0 Å². The predicted molar refractivity (Wildman–Crippen MR) is 54.3 cm³/mol. The Morgan fingerprint density at radius 3 is 2.42 bits per heavy atom. The van der Waals surface area contributed by atoms with E-state index in [1.807, 2.05) is 0 Å². The summed E-state index contributed by atoms with van der Waals surface area (Å²) in [6, 6.07) is 0.757. The van der Waals surface area contributed by atoms with Gasteiger partial charge in [0.05, 0.1) is 0 Å². The second kappa shape index (κ2) is 4.86. The van der Waals surface area contributed by atoms with Crippen LogP contribution in [0.5, 0.6) is 0 Å². The van der Waals surface area contributed by atoms with Crippen LogP contribution in [-0.2, 0) is 0 Å². The van der Waals surface area contributed by atoms with E-state index in [2.05, 4.69) is 26.1 Å². The zero-order valence-electron chi connectivity index (χ0n) is 8.77. The number of hydrogen-bond donors (Lipinski definition) is 1. The standard InChI is InChI=1S/C11H23N/c1-4-9(2)8-12-10(3)11-6-5-7-11/h9-12H,4-8H2,1-3H3. The Kier molecular flexibility index (Phi) is 4.07. The topological polar surface area (TPSA) is 12.0 Å². The van der Waals surface area contributed by atoms with Crippen molar-refractivity contribution in [1.82, 2.24) is 5.32 Å². The van der Waals surface area contributed by atoms with Crippen LogP contribution in [-0.4, -0.2) is 12.6 Å². The van der Waals surface area contributed by atoms with E-state index < -0.39 is 0 Å². The third-order valence-electron chi connectivity index (χ3n) is 3.34. The normalized spacial score (nSPS) is 23.2. The molecule has 1 nitrogen and oxygen atoms in total. The van der Waals surface area contributed by atoms with Gasteiger partial charge in [0.25, 0.3) is 0 Å². The van der Waals surface area contributed by atoms with E-state index in [4.69, 9.17) is 0 Å². The van der Waals surface area contributed by atoms with Gasteiger partial charge in [-0.2, -0.15) is 0 Å². The third-order valence-corrected chi connectivity index (χ3v) is 3.34. The molecule has 1 aliphatic rings. The zero-order chi connectivity index (χ0) is 8.97. The SMILES string of the molecule is CCC(C)CNC(C)C1CCC1. The zero-order valence-corrected chi connectivity index (χ0v) is 8.77. The van der Waals surface area contributed by atoms with Crippen LogP contribution in [0.25, 0.3) is 0 Å². The van der Waals surface area contributed by atoms with E-state index in [0.29, 0.717) is 0 Å². The summed E-state index contributed by atoms with van der Waals surface area (Å²) in [6.07, 6.45) is 5.66. The number of nitrogens with one attached hydrogen (secondary N) is 1. The fourth-order valence-corrected chi connectivity index (χ4v) is 1.64. The maximum absolute atomic E-state index is 3.64. The van der Waals surface area contributed by atoms with Crippen molar-refractivity contribution in [3.8, 4) is 0 Å². The van der Waals surface area contributed by atoms with Crippen molar-refractivity contribution >= 4 is 0 Å². The minimum Gasteiger partial charge on any atom is -0.314 e. The molecule has 2 unspecified atom stereocenters. The van der Waals surface area contributed by atoms with E-state index in [1.54, 1.807) is 0 Å². The Morgan fingerprint density at radius 1 is 1.33 bits per heavy atom. The molecule has 1 rings (SSSR count). The Hall–Kier alpha value is -0.0400. The van der Waals surface area contributed by atoms with E-state index in [1.165, 1.54) is 32.2 Å². The highest BCUT2D eigenvalue weighted by molar-refractivity contribution is 4.79. The van der Waals surface area contributed by atoms with Gasteiger partial charge < -0.3 is 5.32 Å². The monoisotopic (exact) mass is 169 g/mol. The highest BCUT2D eigenvalue weighted by atomic mass is 14.9. The van der Waals surface area contributed by atoms with Gasteiger partial charge in [-0.15, -0.1) is 0 Å². The largest absolute Gasteiger partial charge is 0.314 e. The summed E-state index contributed by atoms with van der Waals surface area (Å²) >= 11 is 0. The van der Waals surface area contributed by atoms with Crippen molar-refractivity contribution in [1.29, 1.82) is 0 Å². The highest BCUT2D eigenvalue weighted by Gasteiger charge is 2.23. The predicted octanol–water partition coefficient (Wildman–Crippen LogP) is 2.81. The average molecular weight is 169 g/mol. The first-order valence-corrected chi connectivity index (χ1v) is 5.47. The molecule has 12 heavy (non-hydrogen) atoms. The van der Waals surface area contributed by atoms with E-state index in [-0.39, 0.29) is 0 Å². The van der Waals surface area contributed by atoms with Crippen molar-refractivity contribution in [3.63, 3.8) is 0 Å². The molecule has 0 aromatic rings. The minimum absolute atomic E-state index is 0.757. The summed E-state index contributed by atoms with van der Waals surface area (Å²) in [4.78, 5) is 0. The van der Waals surface area contributed by atoms with Crippen molar-refractivity contribution in [2.24, 2.45) is 11.8 Å². The van der Waals surface area contributed by atoms with Gasteiger partial charge in [0, 0.05) is 6.04 Å². The molecule has 1 saturated carbocycles. The van der Waals surface area contributed by atoms with Crippen molar-refractivity contribution < 1.29 is 0 Å². The molecule has 0 amide bonds. The maximum atomic E-state index is 3.64. The molecule has 0 aromatic carbocycles.